The fourth-order valence-corrected chi connectivity index (χ4v) is 2.71. The van der Waals surface area contributed by atoms with E-state index < -0.39 is 0 Å². The second-order valence-corrected chi connectivity index (χ2v) is 5.42. The molecule has 0 aromatic heterocycles. The monoisotopic (exact) mass is 271 g/mol. The van der Waals surface area contributed by atoms with Crippen molar-refractivity contribution in [3.05, 3.63) is 35.4 Å². The number of carbonyl (C=O) groups is 1. The van der Waals surface area contributed by atoms with E-state index in [1.165, 1.54) is 5.56 Å². The molecule has 0 bridgehead atoms. The van der Waals surface area contributed by atoms with Crippen molar-refractivity contribution in [2.75, 3.05) is 13.1 Å². The molecule has 1 heterocycles. The molecular weight excluding hydrogens is 250 g/mol. The molecule has 1 aliphatic heterocycles. The Morgan fingerprint density at radius 2 is 2.25 bits per heavy atom. The molecule has 0 aliphatic carbocycles. The summed E-state index contributed by atoms with van der Waals surface area (Å²) in [6.45, 7) is 5.99. The van der Waals surface area contributed by atoms with E-state index in [0.29, 0.717) is 19.5 Å². The zero-order chi connectivity index (χ0) is 14.5. The third kappa shape index (κ3) is 3.00. The van der Waals surface area contributed by atoms with Crippen LogP contribution in [0.2, 0.25) is 0 Å². The van der Waals surface area contributed by atoms with Crippen molar-refractivity contribution in [3.8, 4) is 6.07 Å². The molecule has 0 saturated heterocycles. The van der Waals surface area contributed by atoms with Gasteiger partial charge in [-0.05, 0) is 25.0 Å². The van der Waals surface area contributed by atoms with Crippen LogP contribution in [0.5, 0.6) is 0 Å². The Kier molecular flexibility index (Phi) is 4.75. The Morgan fingerprint density at radius 3 is 2.95 bits per heavy atom. The topological polar surface area (TPSA) is 56.1 Å². The Labute approximate surface area is 120 Å². The molecule has 1 aromatic carbocycles. The number of fused-ring (bicyclic) bond motifs is 1. The number of hydrogen-bond donors (Lipinski definition) is 1. The smallest absolute Gasteiger partial charge is 0.231 e. The Hall–Kier alpha value is -1.86. The zero-order valence-electron chi connectivity index (χ0n) is 12.1. The maximum atomic E-state index is 12.8. The molecule has 1 atom stereocenters. The van der Waals surface area contributed by atoms with Gasteiger partial charge in [0.2, 0.25) is 5.91 Å². The maximum absolute atomic E-state index is 12.8. The van der Waals surface area contributed by atoms with Crippen LogP contribution < -0.4 is 5.32 Å². The molecule has 1 N–H and O–H groups in total. The van der Waals surface area contributed by atoms with E-state index in [1.54, 1.807) is 0 Å². The molecule has 0 spiro atoms. The first kappa shape index (κ1) is 14.5. The van der Waals surface area contributed by atoms with Crippen LogP contribution in [0.3, 0.4) is 0 Å². The van der Waals surface area contributed by atoms with Gasteiger partial charge in [-0.2, -0.15) is 5.26 Å². The van der Waals surface area contributed by atoms with Crippen LogP contribution in [-0.4, -0.2) is 29.9 Å². The van der Waals surface area contributed by atoms with E-state index in [4.69, 9.17) is 5.26 Å². The van der Waals surface area contributed by atoms with Gasteiger partial charge in [0, 0.05) is 25.7 Å². The first-order valence-corrected chi connectivity index (χ1v) is 7.11. The van der Waals surface area contributed by atoms with E-state index in [9.17, 15) is 4.79 Å². The molecule has 0 fully saturated rings. The van der Waals surface area contributed by atoms with Gasteiger partial charge >= 0.3 is 0 Å². The van der Waals surface area contributed by atoms with Crippen molar-refractivity contribution in [3.63, 3.8) is 0 Å². The molecular formula is C16H21N3O. The summed E-state index contributed by atoms with van der Waals surface area (Å²) in [5.41, 5.74) is 2.32. The summed E-state index contributed by atoms with van der Waals surface area (Å²) in [5, 5.41) is 12.1. The van der Waals surface area contributed by atoms with Crippen LogP contribution in [0.15, 0.2) is 24.3 Å². The van der Waals surface area contributed by atoms with Gasteiger partial charge in [-0.25, -0.2) is 0 Å². The number of carbonyl (C=O) groups excluding carboxylic acids is 1. The first-order valence-electron chi connectivity index (χ1n) is 7.11. The highest BCUT2D eigenvalue weighted by Gasteiger charge is 2.30. The van der Waals surface area contributed by atoms with Gasteiger partial charge in [0.1, 0.15) is 0 Å². The number of rotatable bonds is 4. The minimum Gasteiger partial charge on any atom is -0.339 e. The van der Waals surface area contributed by atoms with Gasteiger partial charge in [0.05, 0.1) is 18.4 Å². The summed E-state index contributed by atoms with van der Waals surface area (Å²) in [6.07, 6.45) is 0.381. The fraction of sp³-hybridized carbons (Fsp3) is 0.500. The molecule has 1 amide bonds. The zero-order valence-corrected chi connectivity index (χ0v) is 12.1. The lowest BCUT2D eigenvalue weighted by atomic mass is 9.89. The quantitative estimate of drug-likeness (QED) is 0.911. The lowest BCUT2D eigenvalue weighted by Gasteiger charge is -2.33. The molecule has 106 valence electrons. The van der Waals surface area contributed by atoms with Crippen molar-refractivity contribution in [2.45, 2.75) is 38.8 Å². The molecule has 1 aliphatic rings. The molecule has 0 radical (unpaired) electrons. The minimum absolute atomic E-state index is 0.116. The molecule has 1 aromatic rings. The standard InChI is InChI=1S/C16H21N3O/c1-12(2)19(9-5-8-17)16(20)15-11-18-10-13-6-3-4-7-14(13)15/h3-4,6-7,12,15,18H,5,9-11H2,1-2H3. The van der Waals surface area contributed by atoms with Gasteiger partial charge < -0.3 is 10.2 Å². The Morgan fingerprint density at radius 1 is 1.50 bits per heavy atom. The normalized spacial score (nSPS) is 17.4. The second-order valence-electron chi connectivity index (χ2n) is 5.42. The average Bonchev–Trinajstić information content (AvgIpc) is 2.46. The van der Waals surface area contributed by atoms with E-state index in [1.807, 2.05) is 36.9 Å². The van der Waals surface area contributed by atoms with E-state index >= 15 is 0 Å². The van der Waals surface area contributed by atoms with Crippen LogP contribution in [-0.2, 0) is 11.3 Å². The lowest BCUT2D eigenvalue weighted by Crippen LogP contribution is -2.45. The van der Waals surface area contributed by atoms with Crippen LogP contribution in [0.25, 0.3) is 0 Å². The van der Waals surface area contributed by atoms with E-state index in [2.05, 4.69) is 17.5 Å². The van der Waals surface area contributed by atoms with Crippen LogP contribution in [0.1, 0.15) is 37.3 Å². The third-order valence-electron chi connectivity index (χ3n) is 3.76. The maximum Gasteiger partial charge on any atom is 0.231 e. The van der Waals surface area contributed by atoms with E-state index in [0.717, 1.165) is 12.1 Å². The van der Waals surface area contributed by atoms with Gasteiger partial charge in [0.15, 0.2) is 0 Å². The fourth-order valence-electron chi connectivity index (χ4n) is 2.71. The van der Waals surface area contributed by atoms with Gasteiger partial charge in [0.25, 0.3) is 0 Å². The van der Waals surface area contributed by atoms with E-state index in [-0.39, 0.29) is 17.9 Å². The molecule has 0 saturated carbocycles. The van der Waals surface area contributed by atoms with Crippen LogP contribution in [0, 0.1) is 11.3 Å². The number of hydrogen-bond acceptors (Lipinski definition) is 3. The van der Waals surface area contributed by atoms with Crippen molar-refractivity contribution in [1.29, 1.82) is 5.26 Å². The van der Waals surface area contributed by atoms with Gasteiger partial charge in [-0.1, -0.05) is 24.3 Å². The average molecular weight is 271 g/mol. The van der Waals surface area contributed by atoms with Crippen molar-refractivity contribution >= 4 is 5.91 Å². The summed E-state index contributed by atoms with van der Waals surface area (Å²) in [7, 11) is 0. The largest absolute Gasteiger partial charge is 0.339 e. The van der Waals surface area contributed by atoms with Crippen LogP contribution in [0.4, 0.5) is 0 Å². The van der Waals surface area contributed by atoms with Crippen molar-refractivity contribution in [2.24, 2.45) is 0 Å². The molecule has 4 heteroatoms. The second kappa shape index (κ2) is 6.53. The number of nitrogens with one attached hydrogen (secondary N) is 1. The lowest BCUT2D eigenvalue weighted by molar-refractivity contribution is -0.134. The minimum atomic E-state index is -0.138. The van der Waals surface area contributed by atoms with Crippen molar-refractivity contribution < 1.29 is 4.79 Å². The number of amides is 1. The number of nitriles is 1. The summed E-state index contributed by atoms with van der Waals surface area (Å²) in [5.74, 6) is -0.0176. The number of nitrogens with zero attached hydrogens (tertiary/aromatic N) is 2. The summed E-state index contributed by atoms with van der Waals surface area (Å²) >= 11 is 0. The summed E-state index contributed by atoms with van der Waals surface area (Å²) in [4.78, 5) is 14.6. The Bertz CT molecular complexity index is 519. The van der Waals surface area contributed by atoms with Gasteiger partial charge in [-0.15, -0.1) is 0 Å². The predicted octanol–water partition coefficient (Wildman–Crippen LogP) is 2.02. The highest BCUT2D eigenvalue weighted by Crippen LogP contribution is 2.26. The molecule has 2 rings (SSSR count). The highest BCUT2D eigenvalue weighted by molar-refractivity contribution is 5.85. The summed E-state index contributed by atoms with van der Waals surface area (Å²) in [6, 6.07) is 10.3. The predicted molar refractivity (Wildman–Crippen MR) is 78.0 cm³/mol. The Balaban J connectivity index is 2.22. The summed E-state index contributed by atoms with van der Waals surface area (Å²) < 4.78 is 0. The highest BCUT2D eigenvalue weighted by atomic mass is 16.2. The van der Waals surface area contributed by atoms with Crippen molar-refractivity contribution in [1.82, 2.24) is 10.2 Å². The first-order chi connectivity index (χ1) is 9.65. The molecule has 1 unspecified atom stereocenters. The molecule has 4 nitrogen and oxygen atoms in total. The SMILES string of the molecule is CC(C)N(CCC#N)C(=O)C1CNCc2ccccc21. The van der Waals surface area contributed by atoms with Gasteiger partial charge in [-0.3, -0.25) is 4.79 Å². The third-order valence-corrected chi connectivity index (χ3v) is 3.76. The number of benzene rings is 1. The molecule has 20 heavy (non-hydrogen) atoms. The van der Waals surface area contributed by atoms with Crippen LogP contribution >= 0.6 is 0 Å².